The summed E-state index contributed by atoms with van der Waals surface area (Å²) >= 11 is 0. The van der Waals surface area contributed by atoms with Crippen LogP contribution in [0.3, 0.4) is 0 Å². The van der Waals surface area contributed by atoms with Gasteiger partial charge in [-0.2, -0.15) is 0 Å². The van der Waals surface area contributed by atoms with Crippen LogP contribution >= 0.6 is 0 Å². The van der Waals surface area contributed by atoms with Crippen molar-refractivity contribution in [2.45, 2.75) is 25.3 Å². The topological polar surface area (TPSA) is 70.0 Å². The molecule has 0 unspecified atom stereocenters. The Hall–Kier alpha value is -1.62. The molecule has 0 spiro atoms. The summed E-state index contributed by atoms with van der Waals surface area (Å²) in [6, 6.07) is 5.47. The molecule has 19 heavy (non-hydrogen) atoms. The van der Waals surface area contributed by atoms with Crippen LogP contribution in [0, 0.1) is 5.92 Å². The normalized spacial score (nSPS) is 25.0. The molecule has 0 radical (unpaired) electrons. The average Bonchev–Trinajstić information content (AvgIpc) is 2.40. The highest BCUT2D eigenvalue weighted by atomic mass is 16.2. The number of likely N-dealkylation sites (tertiary alicyclic amines) is 1. The number of aromatic nitrogens is 1. The zero-order valence-electron chi connectivity index (χ0n) is 11.0. The number of carbonyl (C=O) groups excluding carboxylic acids is 1. The molecular formula is C14H20N3O2+. The number of nitrogens with zero attached hydrogens (tertiary/aromatic N) is 2. The molecule has 2 aliphatic rings. The molecule has 2 atom stereocenters. The lowest BCUT2D eigenvalue weighted by molar-refractivity contribution is -0.366. The quantitative estimate of drug-likeness (QED) is 0.775. The predicted molar refractivity (Wildman–Crippen MR) is 70.5 cm³/mol. The molecule has 2 aliphatic heterocycles. The maximum absolute atomic E-state index is 12.0. The molecule has 5 heteroatoms. The predicted octanol–water partition coefficient (Wildman–Crippen LogP) is -0.574. The number of carbonyl (C=O) groups is 1. The van der Waals surface area contributed by atoms with Gasteiger partial charge < -0.3 is 15.2 Å². The molecule has 1 aromatic rings. The van der Waals surface area contributed by atoms with Gasteiger partial charge in [0.15, 0.2) is 0 Å². The summed E-state index contributed by atoms with van der Waals surface area (Å²) in [5, 5.41) is 0. The SMILES string of the molecule is [NH3+]CCC(=O)N1C[C@H]2C[C@@H](C1)c1cccc(=O)n1C2. The minimum Gasteiger partial charge on any atom is -0.357 e. The second kappa shape index (κ2) is 4.81. The van der Waals surface area contributed by atoms with E-state index < -0.39 is 0 Å². The van der Waals surface area contributed by atoms with Crippen LogP contribution in [0.4, 0.5) is 0 Å². The van der Waals surface area contributed by atoms with Gasteiger partial charge in [0.05, 0.1) is 13.0 Å². The zero-order chi connectivity index (χ0) is 13.4. The van der Waals surface area contributed by atoms with Gasteiger partial charge in [-0.1, -0.05) is 6.07 Å². The molecule has 3 heterocycles. The van der Waals surface area contributed by atoms with Crippen LogP contribution in [-0.2, 0) is 11.3 Å². The maximum Gasteiger partial charge on any atom is 0.250 e. The third-order valence-electron chi connectivity index (χ3n) is 4.22. The van der Waals surface area contributed by atoms with Crippen LogP contribution in [0.2, 0.25) is 0 Å². The fraction of sp³-hybridized carbons (Fsp3) is 0.571. The molecule has 1 aromatic heterocycles. The van der Waals surface area contributed by atoms with Crippen LogP contribution in [0.1, 0.15) is 24.5 Å². The maximum atomic E-state index is 12.0. The van der Waals surface area contributed by atoms with E-state index in [1.807, 2.05) is 21.6 Å². The molecule has 2 bridgehead atoms. The Morgan fingerprint density at radius 2 is 2.16 bits per heavy atom. The van der Waals surface area contributed by atoms with Crippen molar-refractivity contribution in [3.63, 3.8) is 0 Å². The second-order valence-corrected chi connectivity index (χ2v) is 5.60. The first kappa shape index (κ1) is 12.4. The van der Waals surface area contributed by atoms with Crippen molar-refractivity contribution in [3.8, 4) is 0 Å². The van der Waals surface area contributed by atoms with Crippen LogP contribution in [0.25, 0.3) is 0 Å². The van der Waals surface area contributed by atoms with Gasteiger partial charge >= 0.3 is 0 Å². The van der Waals surface area contributed by atoms with Crippen LogP contribution in [-0.4, -0.2) is 35.0 Å². The molecule has 1 fully saturated rings. The monoisotopic (exact) mass is 262 g/mol. The molecule has 0 aromatic carbocycles. The molecular weight excluding hydrogens is 242 g/mol. The fourth-order valence-corrected chi connectivity index (χ4v) is 3.41. The van der Waals surface area contributed by atoms with Gasteiger partial charge in [-0.05, 0) is 18.4 Å². The molecule has 3 N–H and O–H groups in total. The van der Waals surface area contributed by atoms with Gasteiger partial charge in [-0.25, -0.2) is 0 Å². The first-order valence-corrected chi connectivity index (χ1v) is 6.96. The third-order valence-corrected chi connectivity index (χ3v) is 4.22. The lowest BCUT2D eigenvalue weighted by Gasteiger charge is -2.42. The van der Waals surface area contributed by atoms with Crippen LogP contribution in [0.5, 0.6) is 0 Å². The van der Waals surface area contributed by atoms with E-state index in [0.29, 0.717) is 24.8 Å². The minimum absolute atomic E-state index is 0.0877. The van der Waals surface area contributed by atoms with Crippen molar-refractivity contribution >= 4 is 5.91 Å². The van der Waals surface area contributed by atoms with Crippen molar-refractivity contribution < 1.29 is 10.5 Å². The Labute approximate surface area is 112 Å². The smallest absolute Gasteiger partial charge is 0.250 e. The molecule has 1 saturated heterocycles. The summed E-state index contributed by atoms with van der Waals surface area (Å²) in [6.07, 6.45) is 1.62. The molecule has 1 amide bonds. The summed E-state index contributed by atoms with van der Waals surface area (Å²) in [6.45, 7) is 2.94. The van der Waals surface area contributed by atoms with Gasteiger partial charge in [-0.3, -0.25) is 9.59 Å². The van der Waals surface area contributed by atoms with E-state index in [1.54, 1.807) is 6.07 Å². The zero-order valence-corrected chi connectivity index (χ0v) is 11.0. The van der Waals surface area contributed by atoms with Gasteiger partial charge in [0, 0.05) is 37.3 Å². The van der Waals surface area contributed by atoms with Crippen molar-refractivity contribution in [1.29, 1.82) is 0 Å². The highest BCUT2D eigenvalue weighted by Gasteiger charge is 2.35. The summed E-state index contributed by atoms with van der Waals surface area (Å²) in [5.41, 5.74) is 4.93. The lowest BCUT2D eigenvalue weighted by atomic mass is 9.83. The van der Waals surface area contributed by atoms with Crippen molar-refractivity contribution in [3.05, 3.63) is 34.2 Å². The summed E-state index contributed by atoms with van der Waals surface area (Å²) < 4.78 is 1.89. The minimum atomic E-state index is 0.0877. The standard InChI is InChI=1S/C14H19N3O2/c15-5-4-13(18)16-7-10-6-11(9-16)12-2-1-3-14(19)17(12)8-10/h1-3,10-11H,4-9,15H2/p+1/t10-,11+/m1/s1. The van der Waals surface area contributed by atoms with Gasteiger partial charge in [0.25, 0.3) is 5.56 Å². The Morgan fingerprint density at radius 3 is 2.95 bits per heavy atom. The van der Waals surface area contributed by atoms with E-state index in [4.69, 9.17) is 0 Å². The number of rotatable bonds is 2. The van der Waals surface area contributed by atoms with E-state index in [1.165, 1.54) is 0 Å². The van der Waals surface area contributed by atoms with E-state index >= 15 is 0 Å². The number of piperidine rings is 1. The summed E-state index contributed by atoms with van der Waals surface area (Å²) in [5.74, 6) is 0.937. The Bertz CT molecular complexity index is 552. The van der Waals surface area contributed by atoms with E-state index in [0.717, 1.165) is 31.7 Å². The number of pyridine rings is 1. The Balaban J connectivity index is 1.88. The van der Waals surface area contributed by atoms with Gasteiger partial charge in [-0.15, -0.1) is 0 Å². The number of quaternary nitrogens is 1. The molecule has 0 aliphatic carbocycles. The van der Waals surface area contributed by atoms with Gasteiger partial charge in [0.2, 0.25) is 5.91 Å². The molecule has 3 rings (SSSR count). The average molecular weight is 262 g/mol. The number of hydrogen-bond donors (Lipinski definition) is 1. The first-order valence-electron chi connectivity index (χ1n) is 6.96. The van der Waals surface area contributed by atoms with Crippen molar-refractivity contribution in [2.75, 3.05) is 19.6 Å². The third kappa shape index (κ3) is 2.18. The largest absolute Gasteiger partial charge is 0.357 e. The highest BCUT2D eigenvalue weighted by molar-refractivity contribution is 5.76. The number of hydrogen-bond acceptors (Lipinski definition) is 2. The van der Waals surface area contributed by atoms with Crippen LogP contribution < -0.4 is 11.3 Å². The van der Waals surface area contributed by atoms with E-state index in [-0.39, 0.29) is 11.5 Å². The molecule has 5 nitrogen and oxygen atoms in total. The summed E-state index contributed by atoms with van der Waals surface area (Å²) in [4.78, 5) is 25.9. The highest BCUT2D eigenvalue weighted by Crippen LogP contribution is 2.34. The van der Waals surface area contributed by atoms with Crippen molar-refractivity contribution in [2.24, 2.45) is 5.92 Å². The van der Waals surface area contributed by atoms with E-state index in [9.17, 15) is 9.59 Å². The van der Waals surface area contributed by atoms with Crippen LogP contribution in [0.15, 0.2) is 23.0 Å². The van der Waals surface area contributed by atoms with Crippen molar-refractivity contribution in [1.82, 2.24) is 9.47 Å². The summed E-state index contributed by atoms with van der Waals surface area (Å²) in [7, 11) is 0. The Kier molecular flexibility index (Phi) is 3.14. The molecule has 0 saturated carbocycles. The molecule has 102 valence electrons. The Morgan fingerprint density at radius 1 is 1.32 bits per heavy atom. The lowest BCUT2D eigenvalue weighted by Crippen LogP contribution is -2.54. The number of amides is 1. The van der Waals surface area contributed by atoms with E-state index in [2.05, 4.69) is 5.73 Å². The first-order chi connectivity index (χ1) is 9.19. The number of fused-ring (bicyclic) bond motifs is 4. The fourth-order valence-electron chi connectivity index (χ4n) is 3.41. The second-order valence-electron chi connectivity index (χ2n) is 5.60. The van der Waals surface area contributed by atoms with Gasteiger partial charge in [0.1, 0.15) is 0 Å².